The molecule has 0 amide bonds. The van der Waals surface area contributed by atoms with E-state index in [-0.39, 0.29) is 11.5 Å². The summed E-state index contributed by atoms with van der Waals surface area (Å²) in [6, 6.07) is 13.9. The zero-order chi connectivity index (χ0) is 16.4. The van der Waals surface area contributed by atoms with E-state index in [1.807, 2.05) is 19.1 Å². The second-order valence-corrected chi connectivity index (χ2v) is 5.24. The van der Waals surface area contributed by atoms with Crippen molar-refractivity contribution in [2.75, 3.05) is 7.11 Å². The molecule has 0 aromatic heterocycles. The first kappa shape index (κ1) is 15.3. The molecule has 1 heterocycles. The molecule has 1 aliphatic rings. The van der Waals surface area contributed by atoms with Crippen molar-refractivity contribution in [1.82, 2.24) is 0 Å². The summed E-state index contributed by atoms with van der Waals surface area (Å²) in [6.45, 7) is 1.93. The van der Waals surface area contributed by atoms with Crippen LogP contribution in [0, 0.1) is 6.92 Å². The van der Waals surface area contributed by atoms with E-state index < -0.39 is 7.11 Å². The molecule has 3 nitrogen and oxygen atoms in total. The zero-order valence-corrected chi connectivity index (χ0v) is 12.8. The summed E-state index contributed by atoms with van der Waals surface area (Å²) >= 11 is 0. The number of hydrogen-bond acceptors (Lipinski definition) is 2. The molecule has 0 aliphatic carbocycles. The normalized spacial score (nSPS) is 16.2. The molecule has 0 N–H and O–H groups in total. The van der Waals surface area contributed by atoms with Gasteiger partial charge in [-0.2, -0.15) is 0 Å². The van der Waals surface area contributed by atoms with Crippen molar-refractivity contribution in [3.8, 4) is 5.75 Å². The van der Waals surface area contributed by atoms with Crippen molar-refractivity contribution in [1.29, 1.82) is 0 Å². The van der Waals surface area contributed by atoms with E-state index in [1.54, 1.807) is 36.4 Å². The number of hydrogen-bond donors (Lipinski definition) is 0. The van der Waals surface area contributed by atoms with Crippen molar-refractivity contribution < 1.29 is 22.4 Å². The molecule has 2 aromatic carbocycles. The van der Waals surface area contributed by atoms with Crippen LogP contribution in [0.25, 0.3) is 5.76 Å². The molecule has 0 atom stereocenters. The summed E-state index contributed by atoms with van der Waals surface area (Å²) in [5, 5.41) is 0. The molecule has 0 saturated heterocycles. The summed E-state index contributed by atoms with van der Waals surface area (Å²) in [5.74, 6) is 0.695. The fourth-order valence-electron chi connectivity index (χ4n) is 2.30. The monoisotopic (exact) mass is 316 g/mol. The van der Waals surface area contributed by atoms with Crippen LogP contribution in [0.2, 0.25) is 0 Å². The summed E-state index contributed by atoms with van der Waals surface area (Å²) in [7, 11) is -2.91. The van der Waals surface area contributed by atoms with Gasteiger partial charge in [-0.1, -0.05) is 35.9 Å². The lowest BCUT2D eigenvalue weighted by molar-refractivity contribution is -0.183. The molecule has 0 spiro atoms. The third-order valence-corrected chi connectivity index (χ3v) is 3.48. The van der Waals surface area contributed by atoms with Crippen LogP contribution in [0.4, 0.5) is 8.63 Å². The lowest BCUT2D eigenvalue weighted by Crippen LogP contribution is -2.31. The average molecular weight is 316 g/mol. The molecular weight excluding hydrogens is 301 g/mol. The average Bonchev–Trinajstić information content (AvgIpc) is 2.54. The van der Waals surface area contributed by atoms with E-state index in [0.717, 1.165) is 5.56 Å². The Kier molecular flexibility index (Phi) is 3.90. The van der Waals surface area contributed by atoms with Crippen LogP contribution in [0.15, 0.2) is 54.6 Å². The van der Waals surface area contributed by atoms with Crippen LogP contribution in [-0.4, -0.2) is 20.0 Å². The van der Waals surface area contributed by atoms with Gasteiger partial charge in [-0.3, -0.25) is 0 Å². The van der Waals surface area contributed by atoms with Gasteiger partial charge in [0.1, 0.15) is 5.75 Å². The van der Waals surface area contributed by atoms with Gasteiger partial charge in [-0.25, -0.2) is 0 Å². The zero-order valence-electron chi connectivity index (χ0n) is 12.8. The van der Waals surface area contributed by atoms with Crippen LogP contribution >= 0.6 is 0 Å². The van der Waals surface area contributed by atoms with Crippen LogP contribution in [0.5, 0.6) is 5.75 Å². The lowest BCUT2D eigenvalue weighted by atomic mass is 10.0. The quantitative estimate of drug-likeness (QED) is 0.628. The highest BCUT2D eigenvalue weighted by atomic mass is 19.3. The molecule has 0 radical (unpaired) electrons. The highest BCUT2D eigenvalue weighted by Crippen LogP contribution is 2.29. The van der Waals surface area contributed by atoms with Gasteiger partial charge >= 0.3 is 7.11 Å². The fourth-order valence-corrected chi connectivity index (χ4v) is 2.30. The number of halogens is 2. The Bertz CT molecular complexity index is 783. The van der Waals surface area contributed by atoms with Gasteiger partial charge in [0.25, 0.3) is 5.78 Å². The van der Waals surface area contributed by atoms with E-state index in [1.165, 1.54) is 13.2 Å². The molecule has 0 bridgehead atoms. The van der Waals surface area contributed by atoms with Crippen molar-refractivity contribution in [3.05, 3.63) is 71.3 Å². The first-order valence-corrected chi connectivity index (χ1v) is 7.15. The van der Waals surface area contributed by atoms with Crippen LogP contribution in [0.1, 0.15) is 21.0 Å². The topological polar surface area (TPSA) is 29.8 Å². The number of methoxy groups -OCH3 is 1. The molecular formula is C17H15BF2O3. The van der Waals surface area contributed by atoms with Crippen LogP contribution < -0.4 is 4.74 Å². The van der Waals surface area contributed by atoms with E-state index >= 15 is 0 Å². The highest BCUT2D eigenvalue weighted by Gasteiger charge is 2.53. The minimum absolute atomic E-state index is 0.0516. The molecule has 0 saturated carbocycles. The second kappa shape index (κ2) is 5.87. The number of aryl methyl sites for hydroxylation is 1. The van der Waals surface area contributed by atoms with E-state index in [2.05, 4.69) is 0 Å². The Morgan fingerprint density at radius 2 is 1.78 bits per heavy atom. The number of ether oxygens (including phenoxy) is 1. The van der Waals surface area contributed by atoms with Crippen LogP contribution in [0.3, 0.4) is 0 Å². The number of carbonyl (C=O) groups excluding carboxylic acids is 1. The van der Waals surface area contributed by atoms with E-state index in [9.17, 15) is 8.63 Å². The molecule has 1 aliphatic heterocycles. The third kappa shape index (κ3) is 3.42. The molecule has 6 heteroatoms. The molecule has 0 unspecified atom stereocenters. The van der Waals surface area contributed by atoms with Gasteiger partial charge in [-0.15, -0.1) is 0 Å². The van der Waals surface area contributed by atoms with Crippen molar-refractivity contribution in [3.63, 3.8) is 0 Å². The largest absolute Gasteiger partial charge is 0.995 e. The van der Waals surface area contributed by atoms with Gasteiger partial charge in [0.2, 0.25) is 0 Å². The molecule has 118 valence electrons. The second-order valence-electron chi connectivity index (χ2n) is 5.24. The number of benzene rings is 2. The first-order chi connectivity index (χ1) is 11.0. The maximum absolute atomic E-state index is 13.9. The summed E-state index contributed by atoms with van der Waals surface area (Å²) in [6.07, 6.45) is 1.47. The SMILES string of the molecule is COc1cccc(C2=[O+][B-](F)(F)OC(c3ccc(C)cc3)=C2)c1. The minimum atomic E-state index is -4.42. The number of rotatable bonds is 3. The maximum Gasteiger partial charge on any atom is 0.995 e. The van der Waals surface area contributed by atoms with Gasteiger partial charge in [0.05, 0.1) is 24.5 Å². The Hall–Kier alpha value is -2.63. The predicted octanol–water partition coefficient (Wildman–Crippen LogP) is 4.17. The smallest absolute Gasteiger partial charge is 0.569 e. The van der Waals surface area contributed by atoms with Gasteiger partial charge in [-0.05, 0) is 25.1 Å². The van der Waals surface area contributed by atoms with Gasteiger partial charge in [0.15, 0.2) is 0 Å². The van der Waals surface area contributed by atoms with Gasteiger partial charge < -0.3 is 22.4 Å². The first-order valence-electron chi connectivity index (χ1n) is 7.15. The Morgan fingerprint density at radius 3 is 2.48 bits per heavy atom. The van der Waals surface area contributed by atoms with Crippen molar-refractivity contribution >= 4 is 18.6 Å². The lowest BCUT2D eigenvalue weighted by Gasteiger charge is -2.20. The van der Waals surface area contributed by atoms with Crippen LogP contribution in [-0.2, 0) is 4.65 Å². The fraction of sp³-hybridized carbons (Fsp3) is 0.118. The van der Waals surface area contributed by atoms with E-state index in [0.29, 0.717) is 16.9 Å². The maximum atomic E-state index is 13.9. The molecule has 3 rings (SSSR count). The van der Waals surface area contributed by atoms with Crippen molar-refractivity contribution in [2.24, 2.45) is 0 Å². The van der Waals surface area contributed by atoms with Crippen molar-refractivity contribution in [2.45, 2.75) is 6.92 Å². The molecule has 0 fully saturated rings. The van der Waals surface area contributed by atoms with E-state index in [4.69, 9.17) is 13.7 Å². The predicted molar refractivity (Wildman–Crippen MR) is 85.5 cm³/mol. The Morgan fingerprint density at radius 1 is 1.04 bits per heavy atom. The number of ketones is 1. The molecule has 2 aromatic rings. The minimum Gasteiger partial charge on any atom is -0.569 e. The summed E-state index contributed by atoms with van der Waals surface area (Å²) in [5.41, 5.74) is 2.11. The molecule has 23 heavy (non-hydrogen) atoms. The third-order valence-electron chi connectivity index (χ3n) is 3.48. The Balaban J connectivity index is 2.04. The highest BCUT2D eigenvalue weighted by molar-refractivity contribution is 6.52. The summed E-state index contributed by atoms with van der Waals surface area (Å²) < 4.78 is 42.3. The van der Waals surface area contributed by atoms with Gasteiger partial charge in [0, 0.05) is 5.56 Å². The standard InChI is InChI=1S/C17H15BF2O3/c1-12-6-8-13(9-7-12)16-11-17(23-18(19,20)22-16)14-4-3-5-15(10-14)21-2/h3-11H,1-2H3. The Labute approximate surface area is 132 Å². The number of allylic oxidation sites excluding steroid dienone is 1. The summed E-state index contributed by atoms with van der Waals surface area (Å²) in [4.78, 5) is 0.